The lowest BCUT2D eigenvalue weighted by Crippen LogP contribution is -2.33. The molecule has 0 bridgehead atoms. The highest BCUT2D eigenvalue weighted by molar-refractivity contribution is 5.73. The Balaban J connectivity index is 3.70. The highest BCUT2D eigenvalue weighted by atomic mass is 16.5. The van der Waals surface area contributed by atoms with Gasteiger partial charge in [0.25, 0.3) is 6.02 Å². The van der Waals surface area contributed by atoms with Gasteiger partial charge in [0.15, 0.2) is 0 Å². The molecule has 0 aromatic rings. The molecule has 18 heavy (non-hydrogen) atoms. The summed E-state index contributed by atoms with van der Waals surface area (Å²) in [5.74, 6) is 0. The molecular formula is C15H32N2O. The zero-order valence-electron chi connectivity index (χ0n) is 13.0. The van der Waals surface area contributed by atoms with Crippen molar-refractivity contribution in [2.24, 2.45) is 4.99 Å². The zero-order valence-corrected chi connectivity index (χ0v) is 13.0. The number of hydrogen-bond donors (Lipinski definition) is 1. The molecule has 3 heteroatoms. The van der Waals surface area contributed by atoms with Crippen LogP contribution in [0, 0.1) is 0 Å². The second-order valence-corrected chi connectivity index (χ2v) is 5.44. The fraction of sp³-hybridized carbons (Fsp3) is 0.933. The number of hydrogen-bond acceptors (Lipinski definition) is 2. The van der Waals surface area contributed by atoms with Crippen molar-refractivity contribution in [2.45, 2.75) is 85.2 Å². The molecule has 0 rings (SSSR count). The SMILES string of the molecule is CCCCCCCCO/C(=N\C(C)C)NC(C)C. The Bertz CT molecular complexity index is 213. The van der Waals surface area contributed by atoms with E-state index in [0.29, 0.717) is 12.1 Å². The average molecular weight is 256 g/mol. The van der Waals surface area contributed by atoms with E-state index in [1.807, 2.05) is 0 Å². The summed E-state index contributed by atoms with van der Waals surface area (Å²) < 4.78 is 5.71. The fourth-order valence-electron chi connectivity index (χ4n) is 1.65. The number of aliphatic imine (C=N–C) groups is 1. The van der Waals surface area contributed by atoms with Crippen molar-refractivity contribution < 1.29 is 4.74 Å². The van der Waals surface area contributed by atoms with Gasteiger partial charge in [-0.15, -0.1) is 0 Å². The number of ether oxygens (including phenoxy) is 1. The molecule has 0 atom stereocenters. The second kappa shape index (κ2) is 11.4. The van der Waals surface area contributed by atoms with Crippen molar-refractivity contribution in [3.8, 4) is 0 Å². The summed E-state index contributed by atoms with van der Waals surface area (Å²) in [6.45, 7) is 11.4. The van der Waals surface area contributed by atoms with E-state index in [1.165, 1.54) is 32.1 Å². The van der Waals surface area contributed by atoms with Crippen LogP contribution in [0.25, 0.3) is 0 Å². The molecule has 0 aliphatic carbocycles. The van der Waals surface area contributed by atoms with E-state index in [-0.39, 0.29) is 6.04 Å². The van der Waals surface area contributed by atoms with Crippen LogP contribution in [-0.2, 0) is 4.74 Å². The second-order valence-electron chi connectivity index (χ2n) is 5.44. The molecule has 0 spiro atoms. The molecule has 0 fully saturated rings. The van der Waals surface area contributed by atoms with Crippen LogP contribution < -0.4 is 5.32 Å². The molecule has 0 amide bonds. The van der Waals surface area contributed by atoms with E-state index in [9.17, 15) is 0 Å². The van der Waals surface area contributed by atoms with Crippen LogP contribution in [0.1, 0.15) is 73.1 Å². The van der Waals surface area contributed by atoms with Gasteiger partial charge in [0.1, 0.15) is 0 Å². The molecule has 0 heterocycles. The summed E-state index contributed by atoms with van der Waals surface area (Å²) in [5, 5.41) is 3.25. The molecule has 0 unspecified atom stereocenters. The first-order chi connectivity index (χ1) is 8.56. The van der Waals surface area contributed by atoms with Crippen LogP contribution >= 0.6 is 0 Å². The van der Waals surface area contributed by atoms with Gasteiger partial charge in [-0.25, -0.2) is 4.99 Å². The van der Waals surface area contributed by atoms with Crippen LogP contribution in [0.2, 0.25) is 0 Å². The smallest absolute Gasteiger partial charge is 0.285 e. The predicted octanol–water partition coefficient (Wildman–Crippen LogP) is 4.13. The zero-order chi connectivity index (χ0) is 13.8. The normalized spacial score (nSPS) is 12.3. The van der Waals surface area contributed by atoms with Crippen LogP contribution in [0.5, 0.6) is 0 Å². The van der Waals surface area contributed by atoms with Gasteiger partial charge in [-0.2, -0.15) is 0 Å². The first kappa shape index (κ1) is 17.3. The van der Waals surface area contributed by atoms with Crippen molar-refractivity contribution in [1.82, 2.24) is 5.32 Å². The summed E-state index contributed by atoms with van der Waals surface area (Å²) in [6.07, 6.45) is 7.73. The lowest BCUT2D eigenvalue weighted by Gasteiger charge is -2.15. The molecule has 3 nitrogen and oxygen atoms in total. The maximum atomic E-state index is 5.71. The highest BCUT2D eigenvalue weighted by Crippen LogP contribution is 2.05. The number of rotatable bonds is 9. The van der Waals surface area contributed by atoms with Gasteiger partial charge in [-0.05, 0) is 34.1 Å². The van der Waals surface area contributed by atoms with Crippen LogP contribution in [-0.4, -0.2) is 24.7 Å². The summed E-state index contributed by atoms with van der Waals surface area (Å²) in [6, 6.07) is 1.34. The molecule has 0 radical (unpaired) electrons. The van der Waals surface area contributed by atoms with Gasteiger partial charge in [0.2, 0.25) is 0 Å². The Labute approximate surface area is 113 Å². The third-order valence-electron chi connectivity index (χ3n) is 2.52. The van der Waals surface area contributed by atoms with Crippen molar-refractivity contribution in [3.05, 3.63) is 0 Å². The summed E-state index contributed by atoms with van der Waals surface area (Å²) in [4.78, 5) is 4.45. The van der Waals surface area contributed by atoms with Crippen molar-refractivity contribution in [3.63, 3.8) is 0 Å². The summed E-state index contributed by atoms with van der Waals surface area (Å²) in [5.41, 5.74) is 0. The third-order valence-corrected chi connectivity index (χ3v) is 2.52. The Morgan fingerprint density at radius 2 is 1.61 bits per heavy atom. The average Bonchev–Trinajstić information content (AvgIpc) is 2.26. The standard InChI is InChI=1S/C15H32N2O/c1-6-7-8-9-10-11-12-18-15(16-13(2)3)17-14(4)5/h13-14H,6-12H2,1-5H3,(H,16,17). The number of amidine groups is 1. The van der Waals surface area contributed by atoms with Crippen molar-refractivity contribution in [2.75, 3.05) is 6.61 Å². The summed E-state index contributed by atoms with van der Waals surface area (Å²) in [7, 11) is 0. The molecule has 0 aliphatic rings. The van der Waals surface area contributed by atoms with Gasteiger partial charge in [-0.3, -0.25) is 0 Å². The van der Waals surface area contributed by atoms with Gasteiger partial charge in [0, 0.05) is 12.1 Å². The maximum absolute atomic E-state index is 5.71. The quantitative estimate of drug-likeness (QED) is 0.382. The number of nitrogens with one attached hydrogen (secondary N) is 1. The Hall–Kier alpha value is -0.730. The third kappa shape index (κ3) is 11.7. The predicted molar refractivity (Wildman–Crippen MR) is 80.2 cm³/mol. The van der Waals surface area contributed by atoms with E-state index in [1.54, 1.807) is 0 Å². The highest BCUT2D eigenvalue weighted by Gasteiger charge is 2.03. The van der Waals surface area contributed by atoms with E-state index >= 15 is 0 Å². The fourth-order valence-corrected chi connectivity index (χ4v) is 1.65. The van der Waals surface area contributed by atoms with Gasteiger partial charge in [0.05, 0.1) is 6.61 Å². The minimum Gasteiger partial charge on any atom is -0.465 e. The molecule has 0 saturated heterocycles. The largest absolute Gasteiger partial charge is 0.465 e. The molecule has 0 aromatic carbocycles. The number of unbranched alkanes of at least 4 members (excludes halogenated alkanes) is 5. The van der Waals surface area contributed by atoms with Gasteiger partial charge >= 0.3 is 0 Å². The van der Waals surface area contributed by atoms with E-state index in [4.69, 9.17) is 4.74 Å². The minimum absolute atomic E-state index is 0.274. The molecule has 0 saturated carbocycles. The van der Waals surface area contributed by atoms with E-state index in [2.05, 4.69) is 44.9 Å². The van der Waals surface area contributed by atoms with Crippen molar-refractivity contribution >= 4 is 6.02 Å². The van der Waals surface area contributed by atoms with Crippen LogP contribution in [0.3, 0.4) is 0 Å². The van der Waals surface area contributed by atoms with E-state index in [0.717, 1.165) is 13.0 Å². The molecule has 0 aliphatic heterocycles. The number of nitrogens with zero attached hydrogens (tertiary/aromatic N) is 1. The molecule has 108 valence electrons. The maximum Gasteiger partial charge on any atom is 0.285 e. The Morgan fingerprint density at radius 3 is 2.17 bits per heavy atom. The van der Waals surface area contributed by atoms with Gasteiger partial charge < -0.3 is 10.1 Å². The van der Waals surface area contributed by atoms with Gasteiger partial charge in [-0.1, -0.05) is 39.0 Å². The van der Waals surface area contributed by atoms with Crippen LogP contribution in [0.15, 0.2) is 4.99 Å². The summed E-state index contributed by atoms with van der Waals surface area (Å²) >= 11 is 0. The molecule has 1 N–H and O–H groups in total. The Kier molecular flexibility index (Phi) is 10.9. The van der Waals surface area contributed by atoms with Crippen molar-refractivity contribution in [1.29, 1.82) is 0 Å². The lowest BCUT2D eigenvalue weighted by atomic mass is 10.1. The molecular weight excluding hydrogens is 224 g/mol. The van der Waals surface area contributed by atoms with E-state index < -0.39 is 0 Å². The Morgan fingerprint density at radius 1 is 1.00 bits per heavy atom. The first-order valence-electron chi connectivity index (χ1n) is 7.53. The van der Waals surface area contributed by atoms with Crippen LogP contribution in [0.4, 0.5) is 0 Å². The minimum atomic E-state index is 0.274. The monoisotopic (exact) mass is 256 g/mol. The first-order valence-corrected chi connectivity index (χ1v) is 7.53. The topological polar surface area (TPSA) is 33.6 Å². The lowest BCUT2D eigenvalue weighted by molar-refractivity contribution is 0.272. The molecule has 0 aromatic heterocycles.